The molecule has 8 atom stereocenters. The van der Waals surface area contributed by atoms with Crippen molar-refractivity contribution in [3.63, 3.8) is 0 Å². The fraction of sp³-hybridized carbons (Fsp3) is 0.830. The van der Waals surface area contributed by atoms with Crippen molar-refractivity contribution in [3.8, 4) is 0 Å². The monoisotopic (exact) mass is 819 g/mol. The van der Waals surface area contributed by atoms with Crippen molar-refractivity contribution in [2.24, 2.45) is 28.6 Å². The number of hydrogen-bond donors (Lipinski definition) is 1. The number of rotatable bonds is 17. The molecule has 0 aromatic carbocycles. The Bertz CT molecular complexity index is 1310. The minimum Gasteiger partial charge on any atom is -0.457 e. The Kier molecular flexibility index (Phi) is 20.8. The van der Waals surface area contributed by atoms with Crippen molar-refractivity contribution < 1.29 is 33.3 Å². The molecule has 8 unspecified atom stereocenters. The van der Waals surface area contributed by atoms with Crippen LogP contribution in [-0.2, 0) is 23.4 Å². The molecule has 2 rings (SSSR count). The number of carbonyl (C=O) groups excluding carboxylic acids is 2. The van der Waals surface area contributed by atoms with Gasteiger partial charge < -0.3 is 28.6 Å². The first kappa shape index (κ1) is 51.2. The number of amides is 1. The van der Waals surface area contributed by atoms with Crippen LogP contribution in [0.3, 0.4) is 0 Å². The molecule has 2 heterocycles. The lowest BCUT2D eigenvalue weighted by atomic mass is 9.77. The van der Waals surface area contributed by atoms with Gasteiger partial charge in [-0.05, 0) is 93.0 Å². The number of allylic oxidation sites excluding steroid dienone is 3. The fourth-order valence-electron chi connectivity index (χ4n) is 8.80. The van der Waals surface area contributed by atoms with E-state index in [-0.39, 0.29) is 53.9 Å². The molecular weight excluding hydrogens is 733 g/mol. The second-order valence-corrected chi connectivity index (χ2v) is 24.3. The lowest BCUT2D eigenvalue weighted by Crippen LogP contribution is -2.51. The predicted octanol–water partition coefficient (Wildman–Crippen LogP) is 10.6. The van der Waals surface area contributed by atoms with Gasteiger partial charge >= 0.3 is 12.1 Å². The molecule has 2 aliphatic rings. The number of ether oxygens (including phenoxy) is 3. The number of aliphatic hydroxyl groups excluding tert-OH is 1. The molecule has 1 N–H and O–H groups in total. The van der Waals surface area contributed by atoms with E-state index in [0.717, 1.165) is 43.6 Å². The summed E-state index contributed by atoms with van der Waals surface area (Å²) < 4.78 is 25.6. The average Bonchev–Trinajstić information content (AvgIpc) is 3.15. The van der Waals surface area contributed by atoms with Crippen molar-refractivity contribution in [2.75, 3.05) is 33.3 Å². The van der Waals surface area contributed by atoms with Gasteiger partial charge in [-0.3, -0.25) is 9.69 Å². The lowest BCUT2D eigenvalue weighted by molar-refractivity contribution is -0.151. The van der Waals surface area contributed by atoms with Crippen LogP contribution < -0.4 is 0 Å². The molecule has 0 aromatic rings. The summed E-state index contributed by atoms with van der Waals surface area (Å²) in [5.41, 5.74) is 0.644. The van der Waals surface area contributed by atoms with Gasteiger partial charge in [0.25, 0.3) is 0 Å². The first-order valence-electron chi connectivity index (χ1n) is 22.4. The highest BCUT2D eigenvalue weighted by atomic mass is 28.4. The Morgan fingerprint density at radius 1 is 1.04 bits per heavy atom. The minimum atomic E-state index is -2.14. The molecule has 0 aromatic heterocycles. The Labute approximate surface area is 350 Å². The number of nitrogens with zero attached hydrogens (tertiary/aromatic N) is 2. The molecule has 1 amide bonds. The highest BCUT2D eigenvalue weighted by Crippen LogP contribution is 2.38. The van der Waals surface area contributed by atoms with Gasteiger partial charge in [0.1, 0.15) is 12.2 Å². The van der Waals surface area contributed by atoms with Crippen LogP contribution in [0.5, 0.6) is 0 Å². The molecule has 2 aliphatic heterocycles. The number of cyclic esters (lactones) is 1. The molecule has 1 saturated heterocycles. The topological polar surface area (TPSA) is 97.8 Å². The third-order valence-electron chi connectivity index (χ3n) is 13.6. The van der Waals surface area contributed by atoms with E-state index in [0.29, 0.717) is 37.5 Å². The SMILES string of the molecule is CCC(OC)C(C)C(C)C(O)CC(C)(C)/C=C/C=C(\C)C1OC(=O)CC(O[Si](CC)(CC)C(C)C)CCC(C)(C)C(OC(=O)N2CCN(C(C)C)CC2)/C=C/C1C. The molecule has 57 heavy (non-hydrogen) atoms. The first-order valence-corrected chi connectivity index (χ1v) is 24.8. The molecule has 9 nitrogen and oxygen atoms in total. The summed E-state index contributed by atoms with van der Waals surface area (Å²) in [4.78, 5) is 31.9. The van der Waals surface area contributed by atoms with Crippen LogP contribution in [0.25, 0.3) is 0 Å². The minimum absolute atomic E-state index is 0.0853. The first-order chi connectivity index (χ1) is 26.6. The number of aliphatic hydroxyl groups is 1. The summed E-state index contributed by atoms with van der Waals surface area (Å²) in [5.74, 6) is -0.129. The molecule has 330 valence electrons. The zero-order valence-electron chi connectivity index (χ0n) is 39.2. The number of carbonyl (C=O) groups is 2. The predicted molar refractivity (Wildman–Crippen MR) is 238 cm³/mol. The number of piperazine rings is 1. The summed E-state index contributed by atoms with van der Waals surface area (Å²) in [6, 6.07) is 2.40. The Hall–Kier alpha value is -1.98. The zero-order valence-corrected chi connectivity index (χ0v) is 40.2. The van der Waals surface area contributed by atoms with Gasteiger partial charge in [0.2, 0.25) is 0 Å². The molecule has 0 saturated carbocycles. The van der Waals surface area contributed by atoms with E-state index in [1.54, 1.807) is 7.11 Å². The van der Waals surface area contributed by atoms with E-state index in [9.17, 15) is 14.7 Å². The van der Waals surface area contributed by atoms with Gasteiger partial charge in [0.05, 0.1) is 24.7 Å². The van der Waals surface area contributed by atoms with Gasteiger partial charge in [-0.15, -0.1) is 0 Å². The third kappa shape index (κ3) is 15.2. The maximum absolute atomic E-state index is 13.9. The number of methoxy groups -OCH3 is 1. The normalized spacial score (nSPS) is 26.4. The van der Waals surface area contributed by atoms with E-state index >= 15 is 0 Å². The maximum Gasteiger partial charge on any atom is 0.410 e. The van der Waals surface area contributed by atoms with Crippen LogP contribution in [0, 0.1) is 28.6 Å². The molecule has 0 radical (unpaired) electrons. The van der Waals surface area contributed by atoms with E-state index in [4.69, 9.17) is 18.6 Å². The van der Waals surface area contributed by atoms with Crippen molar-refractivity contribution >= 4 is 20.4 Å². The second kappa shape index (κ2) is 23.1. The van der Waals surface area contributed by atoms with Crippen LogP contribution in [0.2, 0.25) is 17.6 Å². The van der Waals surface area contributed by atoms with Gasteiger partial charge in [-0.1, -0.05) is 107 Å². The van der Waals surface area contributed by atoms with Crippen molar-refractivity contribution in [3.05, 3.63) is 36.0 Å². The molecule has 0 aliphatic carbocycles. The highest BCUT2D eigenvalue weighted by Gasteiger charge is 2.41. The fourth-order valence-corrected chi connectivity index (χ4v) is 12.4. The van der Waals surface area contributed by atoms with Crippen LogP contribution in [0.4, 0.5) is 4.79 Å². The summed E-state index contributed by atoms with van der Waals surface area (Å²) in [7, 11) is -0.394. The van der Waals surface area contributed by atoms with Gasteiger partial charge in [-0.25, -0.2) is 4.79 Å². The van der Waals surface area contributed by atoms with Crippen LogP contribution in [-0.4, -0.2) is 105 Å². The summed E-state index contributed by atoms with van der Waals surface area (Å²) in [6.07, 6.45) is 11.4. The molecule has 10 heteroatoms. The standard InChI is InChI=1S/C47H86N2O7Si/c1-17-41(53-16)38(11)37(10)40(50)32-46(12,13)25-20-21-35(8)44-36(9)22-23-42(54-45(52)49-29-27-48(28-30-49)33(4)5)47(14,15)26-24-39(31-43(51)55-44)56-57(18-2,19-3)34(6)7/h20-23,25,33-34,36-42,44,50H,17-19,24,26-32H2,1-16H3/b23-22+,25-20+,35-21+. The summed E-state index contributed by atoms with van der Waals surface area (Å²) in [5, 5.41) is 11.2. The van der Waals surface area contributed by atoms with Crippen LogP contribution in [0.1, 0.15) is 136 Å². The molecule has 1 fully saturated rings. The number of esters is 1. The van der Waals surface area contributed by atoms with Gasteiger partial charge in [0.15, 0.2) is 8.32 Å². The molecular formula is C47H86N2O7Si. The van der Waals surface area contributed by atoms with E-state index in [2.05, 4.69) is 114 Å². The van der Waals surface area contributed by atoms with Gasteiger partial charge in [0, 0.05) is 50.7 Å². The Balaban J connectivity index is 2.46. The zero-order chi connectivity index (χ0) is 43.3. The second-order valence-electron chi connectivity index (χ2n) is 19.4. The largest absolute Gasteiger partial charge is 0.457 e. The van der Waals surface area contributed by atoms with Crippen molar-refractivity contribution in [2.45, 2.75) is 190 Å². The highest BCUT2D eigenvalue weighted by molar-refractivity contribution is 6.75. The van der Waals surface area contributed by atoms with Gasteiger partial charge in [-0.2, -0.15) is 0 Å². The van der Waals surface area contributed by atoms with Crippen LogP contribution in [0.15, 0.2) is 36.0 Å². The van der Waals surface area contributed by atoms with Crippen molar-refractivity contribution in [1.29, 1.82) is 0 Å². The van der Waals surface area contributed by atoms with Crippen LogP contribution >= 0.6 is 0 Å². The Morgan fingerprint density at radius 2 is 1.65 bits per heavy atom. The quantitative estimate of drug-likeness (QED) is 0.0671. The molecule has 0 spiro atoms. The average molecular weight is 819 g/mol. The third-order valence-corrected chi connectivity index (χ3v) is 18.9. The lowest BCUT2D eigenvalue weighted by Gasteiger charge is -2.40. The smallest absolute Gasteiger partial charge is 0.410 e. The Morgan fingerprint density at radius 3 is 2.18 bits per heavy atom. The van der Waals surface area contributed by atoms with E-state index < -0.39 is 32.0 Å². The summed E-state index contributed by atoms with van der Waals surface area (Å²) >= 11 is 0. The number of hydrogen-bond acceptors (Lipinski definition) is 8. The van der Waals surface area contributed by atoms with E-state index in [1.165, 1.54) is 0 Å². The maximum atomic E-state index is 13.9. The summed E-state index contributed by atoms with van der Waals surface area (Å²) in [6.45, 7) is 35.4. The van der Waals surface area contributed by atoms with Crippen molar-refractivity contribution in [1.82, 2.24) is 9.80 Å². The van der Waals surface area contributed by atoms with E-state index in [1.807, 2.05) is 30.1 Å². The molecule has 0 bridgehead atoms.